The van der Waals surface area contributed by atoms with Gasteiger partial charge in [-0.05, 0) is 6.92 Å². The number of nitriles is 1. The molecule has 0 heterocycles. The molecule has 0 fully saturated rings. The van der Waals surface area contributed by atoms with Gasteiger partial charge in [-0.25, -0.2) is 5.26 Å². The summed E-state index contributed by atoms with van der Waals surface area (Å²) in [4.78, 5) is 8.81. The van der Waals surface area contributed by atoms with Gasteiger partial charge >= 0.3 is 0 Å². The molecule has 0 radical (unpaired) electrons. The molecule has 0 N–H and O–H groups in total. The highest BCUT2D eigenvalue weighted by Gasteiger charge is 2.09. The molecule has 0 aromatic carbocycles. The van der Waals surface area contributed by atoms with Crippen molar-refractivity contribution in [1.29, 1.82) is 5.26 Å². The predicted molar refractivity (Wildman–Crippen MR) is 40.7 cm³/mol. The fraction of sp³-hybridized carbons (Fsp3) is 0.667. The summed E-state index contributed by atoms with van der Waals surface area (Å²) in [5.74, 6) is 0. The van der Waals surface area contributed by atoms with E-state index in [0.29, 0.717) is 0 Å². The molecule has 0 rings (SSSR count). The van der Waals surface area contributed by atoms with Gasteiger partial charge in [-0.15, -0.1) is 0 Å². The number of hydrogen-bond acceptors (Lipinski definition) is 2. The summed E-state index contributed by atoms with van der Waals surface area (Å²) in [5, 5.41) is 8.21. The number of rotatable bonds is 0. The van der Waals surface area contributed by atoms with E-state index in [4.69, 9.17) is 10.1 Å². The van der Waals surface area contributed by atoms with E-state index in [1.165, 1.54) is 6.92 Å². The number of hydrogen-bond donors (Lipinski definition) is 0. The molecule has 2 nitrogen and oxygen atoms in total. The summed E-state index contributed by atoms with van der Waals surface area (Å²) in [6, 6.07) is 0. The smallest absolute Gasteiger partial charge is 0.164 e. The largest absolute Gasteiger partial charge is 0.304 e. The molecule has 0 unspecified atom stereocenters. The molecular formula is C6H13NOSi. The number of aldehydes is 1. The lowest BCUT2D eigenvalue weighted by molar-refractivity contribution is -0.106. The summed E-state index contributed by atoms with van der Waals surface area (Å²) in [7, 11) is -1.33. The van der Waals surface area contributed by atoms with E-state index >= 15 is 0 Å². The molecule has 52 valence electrons. The average Bonchev–Trinajstić information content (AvgIpc) is 1.67. The number of carbonyl (C=O) groups is 1. The van der Waals surface area contributed by atoms with E-state index in [1.807, 2.05) is 19.6 Å². The molecule has 9 heavy (non-hydrogen) atoms. The van der Waals surface area contributed by atoms with Gasteiger partial charge in [-0.1, -0.05) is 19.6 Å². The Labute approximate surface area is 57.5 Å². The quantitative estimate of drug-likeness (QED) is 0.381. The van der Waals surface area contributed by atoms with Crippen LogP contribution in [0.25, 0.3) is 0 Å². The molecule has 0 saturated heterocycles. The Morgan fingerprint density at radius 1 is 1.44 bits per heavy atom. The Kier molecular flexibility index (Phi) is 6.87. The molecule has 0 aliphatic carbocycles. The van der Waals surface area contributed by atoms with Crippen LogP contribution in [0.2, 0.25) is 19.6 Å². The maximum absolute atomic E-state index is 8.81. The highest BCUT2D eigenvalue weighted by Crippen LogP contribution is 1.94. The minimum atomic E-state index is -1.33. The van der Waals surface area contributed by atoms with E-state index in [2.05, 4.69) is 5.69 Å². The van der Waals surface area contributed by atoms with E-state index in [1.54, 1.807) is 0 Å². The highest BCUT2D eigenvalue weighted by molar-refractivity contribution is 6.83. The predicted octanol–water partition coefficient (Wildman–Crippen LogP) is 1.59. The molecule has 0 aromatic rings. The van der Waals surface area contributed by atoms with Crippen molar-refractivity contribution in [2.75, 3.05) is 0 Å². The number of carbonyl (C=O) groups excluding carboxylic acids is 1. The van der Waals surface area contributed by atoms with Gasteiger partial charge in [0.25, 0.3) is 0 Å². The Balaban J connectivity index is 0. The SMILES string of the molecule is CC=O.C[Si](C)(C)C#N. The van der Waals surface area contributed by atoms with Crippen molar-refractivity contribution in [3.05, 3.63) is 0 Å². The highest BCUT2D eigenvalue weighted by atomic mass is 28.3. The van der Waals surface area contributed by atoms with Crippen molar-refractivity contribution in [2.24, 2.45) is 0 Å². The van der Waals surface area contributed by atoms with Crippen LogP contribution < -0.4 is 0 Å². The first kappa shape index (κ1) is 11.2. The first-order valence-electron chi connectivity index (χ1n) is 2.79. The van der Waals surface area contributed by atoms with Gasteiger partial charge in [0.2, 0.25) is 0 Å². The lowest BCUT2D eigenvalue weighted by Gasteiger charge is -1.96. The van der Waals surface area contributed by atoms with Crippen LogP contribution in [0.5, 0.6) is 0 Å². The zero-order valence-corrected chi connectivity index (χ0v) is 7.43. The third-order valence-electron chi connectivity index (χ3n) is 0.335. The fourth-order valence-corrected chi connectivity index (χ4v) is 0. The third kappa shape index (κ3) is 37.8. The van der Waals surface area contributed by atoms with Crippen molar-refractivity contribution >= 4 is 14.4 Å². The normalized spacial score (nSPS) is 8.33. The summed E-state index contributed by atoms with van der Waals surface area (Å²) in [5.41, 5.74) is 2.24. The second-order valence-corrected chi connectivity index (χ2v) is 7.32. The third-order valence-corrected chi connectivity index (χ3v) is 1.01. The maximum Gasteiger partial charge on any atom is 0.164 e. The first-order chi connectivity index (χ1) is 3.97. The van der Waals surface area contributed by atoms with Crippen LogP contribution >= 0.6 is 0 Å². The van der Waals surface area contributed by atoms with Crippen molar-refractivity contribution in [2.45, 2.75) is 26.6 Å². The minimum Gasteiger partial charge on any atom is -0.304 e. The van der Waals surface area contributed by atoms with Gasteiger partial charge in [-0.2, -0.15) is 0 Å². The topological polar surface area (TPSA) is 40.9 Å². The van der Waals surface area contributed by atoms with Gasteiger partial charge < -0.3 is 4.79 Å². The molecule has 0 aromatic heterocycles. The van der Waals surface area contributed by atoms with E-state index in [0.717, 1.165) is 6.29 Å². The van der Waals surface area contributed by atoms with Crippen molar-refractivity contribution in [3.8, 4) is 5.69 Å². The summed E-state index contributed by atoms with van der Waals surface area (Å²) in [6.45, 7) is 7.51. The van der Waals surface area contributed by atoms with Gasteiger partial charge in [-0.3, -0.25) is 0 Å². The van der Waals surface area contributed by atoms with Crippen LogP contribution in [0.1, 0.15) is 6.92 Å². The van der Waals surface area contributed by atoms with Gasteiger partial charge in [0.05, 0.1) is 0 Å². The zero-order valence-electron chi connectivity index (χ0n) is 6.43. The molecule has 0 aliphatic heterocycles. The van der Waals surface area contributed by atoms with Gasteiger partial charge in [0.15, 0.2) is 8.07 Å². The molecule has 0 saturated carbocycles. The van der Waals surface area contributed by atoms with Gasteiger partial charge in [0.1, 0.15) is 6.29 Å². The maximum atomic E-state index is 8.81. The molecule has 0 atom stereocenters. The Hall–Kier alpha value is -0.623. The lowest BCUT2D eigenvalue weighted by Crippen LogP contribution is -2.15. The van der Waals surface area contributed by atoms with Crippen LogP contribution in [0.15, 0.2) is 0 Å². The van der Waals surface area contributed by atoms with Crippen LogP contribution in [-0.4, -0.2) is 14.4 Å². The molecule has 0 bridgehead atoms. The van der Waals surface area contributed by atoms with Crippen molar-refractivity contribution < 1.29 is 4.79 Å². The molecule has 0 spiro atoms. The van der Waals surface area contributed by atoms with Crippen molar-refractivity contribution in [3.63, 3.8) is 0 Å². The summed E-state index contributed by atoms with van der Waals surface area (Å²) < 4.78 is 0. The Bertz CT molecular complexity index is 109. The summed E-state index contributed by atoms with van der Waals surface area (Å²) >= 11 is 0. The second-order valence-electron chi connectivity index (χ2n) is 2.60. The van der Waals surface area contributed by atoms with Gasteiger partial charge in [0, 0.05) is 5.69 Å². The summed E-state index contributed by atoms with van der Waals surface area (Å²) in [6.07, 6.45) is 0.750. The number of nitrogens with zero attached hydrogens (tertiary/aromatic N) is 1. The van der Waals surface area contributed by atoms with E-state index in [9.17, 15) is 0 Å². The average molecular weight is 143 g/mol. The van der Waals surface area contributed by atoms with Crippen LogP contribution in [0, 0.1) is 11.0 Å². The van der Waals surface area contributed by atoms with Crippen LogP contribution in [0.4, 0.5) is 0 Å². The minimum absolute atomic E-state index is 0.750. The monoisotopic (exact) mass is 143 g/mol. The molecule has 3 heteroatoms. The van der Waals surface area contributed by atoms with E-state index in [-0.39, 0.29) is 0 Å². The zero-order chi connectivity index (χ0) is 7.91. The Morgan fingerprint density at radius 2 is 1.56 bits per heavy atom. The lowest BCUT2D eigenvalue weighted by atomic mass is 11.0. The fourth-order valence-electron chi connectivity index (χ4n) is 0. The van der Waals surface area contributed by atoms with Crippen LogP contribution in [0.3, 0.4) is 0 Å². The van der Waals surface area contributed by atoms with E-state index < -0.39 is 8.07 Å². The molecule has 0 amide bonds. The van der Waals surface area contributed by atoms with Crippen LogP contribution in [-0.2, 0) is 4.79 Å². The Morgan fingerprint density at radius 3 is 1.56 bits per heavy atom. The van der Waals surface area contributed by atoms with Crippen molar-refractivity contribution in [1.82, 2.24) is 0 Å². The molecule has 0 aliphatic rings. The first-order valence-corrected chi connectivity index (χ1v) is 6.29. The molecular weight excluding hydrogens is 130 g/mol. The second kappa shape index (κ2) is 5.51. The standard InChI is InChI=1S/C4H9NSi.C2H4O/c1-6(2,3)4-5;1-2-3/h1-3H3;2H,1H3.